The molecule has 72 valence electrons. The van der Waals surface area contributed by atoms with Crippen LogP contribution >= 0.6 is 22.9 Å². The molecule has 1 aromatic heterocycles. The van der Waals surface area contributed by atoms with E-state index in [-0.39, 0.29) is 5.38 Å². The van der Waals surface area contributed by atoms with Crippen LogP contribution in [0.2, 0.25) is 0 Å². The van der Waals surface area contributed by atoms with Gasteiger partial charge in [0, 0.05) is 0 Å². The molecule has 0 aliphatic heterocycles. The van der Waals surface area contributed by atoms with E-state index in [9.17, 15) is 0 Å². The van der Waals surface area contributed by atoms with Gasteiger partial charge < -0.3 is 0 Å². The first-order valence-electron chi connectivity index (χ1n) is 4.56. The van der Waals surface area contributed by atoms with E-state index in [0.717, 1.165) is 6.42 Å². The molecule has 1 aromatic carbocycles. The second-order valence-electron chi connectivity index (χ2n) is 3.21. The molecule has 0 aliphatic carbocycles. The number of hydrogen-bond donors (Lipinski definition) is 0. The molecule has 0 radical (unpaired) electrons. The van der Waals surface area contributed by atoms with Crippen LogP contribution in [-0.4, -0.2) is 0 Å². The van der Waals surface area contributed by atoms with Crippen LogP contribution in [0.1, 0.15) is 16.5 Å². The zero-order valence-electron chi connectivity index (χ0n) is 7.69. The van der Waals surface area contributed by atoms with Gasteiger partial charge in [-0.05, 0) is 34.4 Å². The van der Waals surface area contributed by atoms with E-state index < -0.39 is 0 Å². The molecule has 2 heteroatoms. The predicted octanol–water partition coefficient (Wildman–Crippen LogP) is 4.27. The Morgan fingerprint density at radius 2 is 1.93 bits per heavy atom. The first-order chi connectivity index (χ1) is 6.86. The summed E-state index contributed by atoms with van der Waals surface area (Å²) < 4.78 is 0. The van der Waals surface area contributed by atoms with Gasteiger partial charge in [-0.2, -0.15) is 11.3 Å². The lowest BCUT2D eigenvalue weighted by atomic mass is 10.1. The number of alkyl halides is 1. The first kappa shape index (κ1) is 9.75. The van der Waals surface area contributed by atoms with Gasteiger partial charge in [-0.15, -0.1) is 11.6 Å². The molecule has 0 bridgehead atoms. The number of halogens is 1. The summed E-state index contributed by atoms with van der Waals surface area (Å²) in [6, 6.07) is 12.3. The third-order valence-electron chi connectivity index (χ3n) is 2.16. The van der Waals surface area contributed by atoms with Gasteiger partial charge in [0.05, 0.1) is 5.38 Å². The van der Waals surface area contributed by atoms with Crippen LogP contribution in [0.3, 0.4) is 0 Å². The van der Waals surface area contributed by atoms with Crippen LogP contribution in [0, 0.1) is 0 Å². The molecule has 0 saturated carbocycles. The number of rotatable bonds is 3. The summed E-state index contributed by atoms with van der Waals surface area (Å²) in [5, 5.41) is 4.33. The average molecular weight is 223 g/mol. The summed E-state index contributed by atoms with van der Waals surface area (Å²) in [4.78, 5) is 0. The minimum Gasteiger partial charge on any atom is -0.152 e. The molecule has 0 fully saturated rings. The zero-order valence-corrected chi connectivity index (χ0v) is 9.26. The van der Waals surface area contributed by atoms with Crippen molar-refractivity contribution in [2.75, 3.05) is 0 Å². The lowest BCUT2D eigenvalue weighted by Crippen LogP contribution is -1.93. The maximum absolute atomic E-state index is 6.30. The van der Waals surface area contributed by atoms with Gasteiger partial charge in [0.2, 0.25) is 0 Å². The summed E-state index contributed by atoms with van der Waals surface area (Å²) in [6.07, 6.45) is 0.912. The molecule has 0 N–H and O–H groups in total. The van der Waals surface area contributed by atoms with E-state index in [1.165, 1.54) is 11.1 Å². The summed E-state index contributed by atoms with van der Waals surface area (Å²) >= 11 is 8.02. The van der Waals surface area contributed by atoms with Crippen molar-refractivity contribution in [3.63, 3.8) is 0 Å². The van der Waals surface area contributed by atoms with Gasteiger partial charge in [0.1, 0.15) is 0 Å². The predicted molar refractivity (Wildman–Crippen MR) is 63.1 cm³/mol. The quantitative estimate of drug-likeness (QED) is 0.681. The Kier molecular flexibility index (Phi) is 3.22. The molecule has 0 nitrogen and oxygen atoms in total. The Bertz CT molecular complexity index is 366. The molecule has 2 aromatic rings. The van der Waals surface area contributed by atoms with Crippen LogP contribution in [-0.2, 0) is 6.42 Å². The lowest BCUT2D eigenvalue weighted by molar-refractivity contribution is 0.925. The number of benzene rings is 1. The van der Waals surface area contributed by atoms with E-state index in [1.54, 1.807) is 11.3 Å². The highest BCUT2D eigenvalue weighted by atomic mass is 35.5. The van der Waals surface area contributed by atoms with Gasteiger partial charge in [-0.25, -0.2) is 0 Å². The largest absolute Gasteiger partial charge is 0.152 e. The smallest absolute Gasteiger partial charge is 0.0625 e. The van der Waals surface area contributed by atoms with Gasteiger partial charge in [0.25, 0.3) is 0 Å². The van der Waals surface area contributed by atoms with Gasteiger partial charge in [-0.3, -0.25) is 0 Å². The molecule has 14 heavy (non-hydrogen) atoms. The maximum atomic E-state index is 6.30. The second kappa shape index (κ2) is 4.63. The van der Waals surface area contributed by atoms with Crippen molar-refractivity contribution < 1.29 is 0 Å². The minimum atomic E-state index is 0.0887. The standard InChI is InChI=1S/C12H11ClS/c13-12(8-10-6-7-14-9-10)11-4-2-1-3-5-11/h1-7,9,12H,8H2. The van der Waals surface area contributed by atoms with Crippen molar-refractivity contribution in [2.45, 2.75) is 11.8 Å². The van der Waals surface area contributed by atoms with Gasteiger partial charge in [-0.1, -0.05) is 30.3 Å². The van der Waals surface area contributed by atoms with Crippen molar-refractivity contribution in [1.29, 1.82) is 0 Å². The van der Waals surface area contributed by atoms with Gasteiger partial charge in [0.15, 0.2) is 0 Å². The molecular weight excluding hydrogens is 212 g/mol. The SMILES string of the molecule is ClC(Cc1ccsc1)c1ccccc1. The molecule has 1 atom stereocenters. The van der Waals surface area contributed by atoms with Crippen molar-refractivity contribution in [2.24, 2.45) is 0 Å². The fourth-order valence-electron chi connectivity index (χ4n) is 1.40. The number of hydrogen-bond acceptors (Lipinski definition) is 1. The highest BCUT2D eigenvalue weighted by Crippen LogP contribution is 2.25. The Morgan fingerprint density at radius 1 is 1.14 bits per heavy atom. The highest BCUT2D eigenvalue weighted by Gasteiger charge is 2.07. The van der Waals surface area contributed by atoms with E-state index in [1.807, 2.05) is 18.2 Å². The zero-order chi connectivity index (χ0) is 9.80. The Balaban J connectivity index is 2.07. The van der Waals surface area contributed by atoms with Crippen LogP contribution in [0.5, 0.6) is 0 Å². The third-order valence-corrected chi connectivity index (χ3v) is 3.29. The molecule has 0 amide bonds. The van der Waals surface area contributed by atoms with Crippen molar-refractivity contribution in [3.8, 4) is 0 Å². The third kappa shape index (κ3) is 2.37. The fraction of sp³-hybridized carbons (Fsp3) is 0.167. The summed E-state index contributed by atoms with van der Waals surface area (Å²) in [5.41, 5.74) is 2.51. The monoisotopic (exact) mass is 222 g/mol. The fourth-order valence-corrected chi connectivity index (χ4v) is 2.40. The molecule has 1 heterocycles. The number of thiophene rings is 1. The maximum Gasteiger partial charge on any atom is 0.0625 e. The first-order valence-corrected chi connectivity index (χ1v) is 5.94. The topological polar surface area (TPSA) is 0 Å². The normalized spacial score (nSPS) is 12.6. The van der Waals surface area contributed by atoms with Crippen molar-refractivity contribution >= 4 is 22.9 Å². The Hall–Kier alpha value is -0.790. The molecule has 0 aliphatic rings. The van der Waals surface area contributed by atoms with Crippen molar-refractivity contribution in [1.82, 2.24) is 0 Å². The molecule has 2 rings (SSSR count). The van der Waals surface area contributed by atoms with E-state index >= 15 is 0 Å². The van der Waals surface area contributed by atoms with E-state index in [4.69, 9.17) is 11.6 Å². The van der Waals surface area contributed by atoms with Crippen LogP contribution in [0.4, 0.5) is 0 Å². The highest BCUT2D eigenvalue weighted by molar-refractivity contribution is 7.07. The molecule has 1 unspecified atom stereocenters. The lowest BCUT2D eigenvalue weighted by Gasteiger charge is -2.07. The summed E-state index contributed by atoms with van der Waals surface area (Å²) in [5.74, 6) is 0. The van der Waals surface area contributed by atoms with Crippen LogP contribution < -0.4 is 0 Å². The molecular formula is C12H11ClS. The molecule has 0 saturated heterocycles. The van der Waals surface area contributed by atoms with Crippen LogP contribution in [0.25, 0.3) is 0 Å². The second-order valence-corrected chi connectivity index (χ2v) is 4.52. The minimum absolute atomic E-state index is 0.0887. The molecule has 0 spiro atoms. The van der Waals surface area contributed by atoms with Gasteiger partial charge >= 0.3 is 0 Å². The van der Waals surface area contributed by atoms with Crippen LogP contribution in [0.15, 0.2) is 47.2 Å². The van der Waals surface area contributed by atoms with Crippen molar-refractivity contribution in [3.05, 3.63) is 58.3 Å². The Labute approximate surface area is 93.2 Å². The van der Waals surface area contributed by atoms with E-state index in [2.05, 4.69) is 29.0 Å². The summed E-state index contributed by atoms with van der Waals surface area (Å²) in [7, 11) is 0. The average Bonchev–Trinajstić information content (AvgIpc) is 2.72. The Morgan fingerprint density at radius 3 is 2.57 bits per heavy atom. The summed E-state index contributed by atoms with van der Waals surface area (Å²) in [6.45, 7) is 0. The van der Waals surface area contributed by atoms with E-state index in [0.29, 0.717) is 0 Å².